The molecule has 0 aromatic heterocycles. The van der Waals surface area contributed by atoms with Crippen LogP contribution in [-0.4, -0.2) is 23.7 Å². The average Bonchev–Trinajstić information content (AvgIpc) is 2.29. The van der Waals surface area contributed by atoms with E-state index in [2.05, 4.69) is 37.4 Å². The Bertz CT molecular complexity index is 271. The quantitative estimate of drug-likeness (QED) is 0.773. The highest BCUT2D eigenvalue weighted by Crippen LogP contribution is 2.19. The molecule has 1 nitrogen and oxygen atoms in total. The minimum atomic E-state index is 0.290. The Kier molecular flexibility index (Phi) is 6.22. The molecule has 0 saturated heterocycles. The van der Waals surface area contributed by atoms with Gasteiger partial charge in [0.05, 0.1) is 0 Å². The van der Waals surface area contributed by atoms with Crippen LogP contribution in [0.5, 0.6) is 0 Å². The highest BCUT2D eigenvalue weighted by atomic mass is 32.2. The first-order chi connectivity index (χ1) is 7.26. The molecular formula is C12H18OS2. The number of rotatable bonds is 6. The average molecular weight is 242 g/mol. The first-order valence-electron chi connectivity index (χ1n) is 5.07. The van der Waals surface area contributed by atoms with Crippen molar-refractivity contribution < 1.29 is 5.11 Å². The van der Waals surface area contributed by atoms with Gasteiger partial charge in [0.1, 0.15) is 0 Å². The lowest BCUT2D eigenvalue weighted by atomic mass is 10.2. The van der Waals surface area contributed by atoms with E-state index in [0.29, 0.717) is 12.5 Å². The third-order valence-corrected chi connectivity index (χ3v) is 4.23. The molecular weight excluding hydrogens is 224 g/mol. The Morgan fingerprint density at radius 3 is 2.47 bits per heavy atom. The van der Waals surface area contributed by atoms with E-state index in [1.165, 1.54) is 10.5 Å². The summed E-state index contributed by atoms with van der Waals surface area (Å²) in [7, 11) is 0. The Balaban J connectivity index is 2.31. The molecule has 15 heavy (non-hydrogen) atoms. The van der Waals surface area contributed by atoms with E-state index in [9.17, 15) is 0 Å². The lowest BCUT2D eigenvalue weighted by molar-refractivity contribution is 0.250. The fourth-order valence-electron chi connectivity index (χ4n) is 1.15. The number of hydrogen-bond acceptors (Lipinski definition) is 3. The molecule has 1 N–H and O–H groups in total. The van der Waals surface area contributed by atoms with Gasteiger partial charge >= 0.3 is 0 Å². The maximum absolute atomic E-state index is 8.88. The Labute approximate surface area is 101 Å². The molecule has 1 aromatic carbocycles. The van der Waals surface area contributed by atoms with Gasteiger partial charge in [0.2, 0.25) is 0 Å². The van der Waals surface area contributed by atoms with Crippen LogP contribution in [0.3, 0.4) is 0 Å². The molecule has 0 spiro atoms. The predicted molar refractivity (Wildman–Crippen MR) is 70.6 cm³/mol. The van der Waals surface area contributed by atoms with E-state index >= 15 is 0 Å². The molecule has 0 aliphatic carbocycles. The fourth-order valence-corrected chi connectivity index (χ4v) is 2.61. The van der Waals surface area contributed by atoms with Gasteiger partial charge in [-0.25, -0.2) is 0 Å². The van der Waals surface area contributed by atoms with Crippen LogP contribution in [0.25, 0.3) is 0 Å². The van der Waals surface area contributed by atoms with Gasteiger partial charge in [-0.05, 0) is 35.6 Å². The highest BCUT2D eigenvalue weighted by molar-refractivity contribution is 7.98. The number of hydrogen-bond donors (Lipinski definition) is 1. The lowest BCUT2D eigenvalue weighted by Crippen LogP contribution is -2.03. The minimum Gasteiger partial charge on any atom is -0.396 e. The van der Waals surface area contributed by atoms with Gasteiger partial charge in [-0.3, -0.25) is 0 Å². The van der Waals surface area contributed by atoms with Gasteiger partial charge in [-0.15, -0.1) is 11.8 Å². The molecule has 1 rings (SSSR count). The summed E-state index contributed by atoms with van der Waals surface area (Å²) in [5.74, 6) is 2.47. The third kappa shape index (κ3) is 4.96. The summed E-state index contributed by atoms with van der Waals surface area (Å²) in [4.78, 5) is 1.31. The number of benzene rings is 1. The van der Waals surface area contributed by atoms with Crippen LogP contribution < -0.4 is 0 Å². The third-order valence-electron chi connectivity index (χ3n) is 2.14. The van der Waals surface area contributed by atoms with E-state index < -0.39 is 0 Å². The molecule has 0 aliphatic rings. The molecule has 0 aliphatic heterocycles. The van der Waals surface area contributed by atoms with Gasteiger partial charge in [0.15, 0.2) is 0 Å². The number of aliphatic hydroxyl groups is 1. The first-order valence-corrected chi connectivity index (χ1v) is 7.45. The zero-order chi connectivity index (χ0) is 11.1. The molecule has 1 aromatic rings. The van der Waals surface area contributed by atoms with Crippen LogP contribution in [-0.2, 0) is 5.75 Å². The summed E-state index contributed by atoms with van der Waals surface area (Å²) in [5, 5.41) is 8.88. The lowest BCUT2D eigenvalue weighted by Gasteiger charge is -2.07. The molecule has 0 fully saturated rings. The Morgan fingerprint density at radius 1 is 1.27 bits per heavy atom. The zero-order valence-corrected chi connectivity index (χ0v) is 10.9. The highest BCUT2D eigenvalue weighted by Gasteiger charge is 2.00. The summed E-state index contributed by atoms with van der Waals surface area (Å²) < 4.78 is 0. The number of thioether (sulfide) groups is 2. The SMILES string of the molecule is CSc1ccc(CSCC(C)CO)cc1. The van der Waals surface area contributed by atoms with Crippen molar-refractivity contribution in [3.05, 3.63) is 29.8 Å². The van der Waals surface area contributed by atoms with Gasteiger partial charge in [-0.2, -0.15) is 11.8 Å². The van der Waals surface area contributed by atoms with Crippen LogP contribution in [0.1, 0.15) is 12.5 Å². The second-order valence-electron chi connectivity index (χ2n) is 3.65. The van der Waals surface area contributed by atoms with Gasteiger partial charge in [0.25, 0.3) is 0 Å². The predicted octanol–water partition coefficient (Wildman–Crippen LogP) is 3.27. The zero-order valence-electron chi connectivity index (χ0n) is 9.27. The second-order valence-corrected chi connectivity index (χ2v) is 5.56. The second kappa shape index (κ2) is 7.20. The molecule has 0 radical (unpaired) electrons. The van der Waals surface area contributed by atoms with Gasteiger partial charge in [0, 0.05) is 17.3 Å². The van der Waals surface area contributed by atoms with E-state index in [1.807, 2.05) is 11.8 Å². The van der Waals surface area contributed by atoms with Crippen molar-refractivity contribution in [1.29, 1.82) is 0 Å². The molecule has 84 valence electrons. The van der Waals surface area contributed by atoms with Crippen molar-refractivity contribution in [3.63, 3.8) is 0 Å². The summed E-state index contributed by atoms with van der Waals surface area (Å²) in [5.41, 5.74) is 1.36. The standard InChI is InChI=1S/C12H18OS2/c1-10(7-13)8-15-9-11-3-5-12(14-2)6-4-11/h3-6,10,13H,7-9H2,1-2H3. The summed E-state index contributed by atoms with van der Waals surface area (Å²) in [6, 6.07) is 8.69. The topological polar surface area (TPSA) is 20.2 Å². The molecule has 1 atom stereocenters. The molecule has 0 heterocycles. The van der Waals surface area contributed by atoms with E-state index in [4.69, 9.17) is 5.11 Å². The van der Waals surface area contributed by atoms with Crippen molar-refractivity contribution in [2.75, 3.05) is 18.6 Å². The van der Waals surface area contributed by atoms with Crippen LogP contribution in [0.15, 0.2) is 29.2 Å². The molecule has 0 amide bonds. The summed E-state index contributed by atoms with van der Waals surface area (Å²) in [6.45, 7) is 2.36. The van der Waals surface area contributed by atoms with Gasteiger partial charge in [-0.1, -0.05) is 19.1 Å². The summed E-state index contributed by atoms with van der Waals surface area (Å²) in [6.07, 6.45) is 2.09. The fraction of sp³-hybridized carbons (Fsp3) is 0.500. The normalized spacial score (nSPS) is 12.7. The van der Waals surface area contributed by atoms with E-state index in [1.54, 1.807) is 11.8 Å². The van der Waals surface area contributed by atoms with Crippen molar-refractivity contribution >= 4 is 23.5 Å². The smallest absolute Gasteiger partial charge is 0.0464 e. The molecule has 0 bridgehead atoms. The first kappa shape index (κ1) is 12.9. The monoisotopic (exact) mass is 242 g/mol. The van der Waals surface area contributed by atoms with Crippen LogP contribution >= 0.6 is 23.5 Å². The molecule has 3 heteroatoms. The Hall–Kier alpha value is -0.120. The number of aliphatic hydroxyl groups excluding tert-OH is 1. The minimum absolute atomic E-state index is 0.290. The molecule has 1 unspecified atom stereocenters. The summed E-state index contributed by atoms with van der Waals surface area (Å²) >= 11 is 3.66. The van der Waals surface area contributed by atoms with E-state index in [0.717, 1.165) is 11.5 Å². The van der Waals surface area contributed by atoms with Crippen molar-refractivity contribution in [2.24, 2.45) is 5.92 Å². The largest absolute Gasteiger partial charge is 0.396 e. The van der Waals surface area contributed by atoms with E-state index in [-0.39, 0.29) is 0 Å². The van der Waals surface area contributed by atoms with Crippen LogP contribution in [0.2, 0.25) is 0 Å². The molecule has 0 saturated carbocycles. The maximum Gasteiger partial charge on any atom is 0.0464 e. The van der Waals surface area contributed by atoms with Crippen LogP contribution in [0, 0.1) is 5.92 Å². The Morgan fingerprint density at radius 2 is 1.93 bits per heavy atom. The maximum atomic E-state index is 8.88. The van der Waals surface area contributed by atoms with Crippen LogP contribution in [0.4, 0.5) is 0 Å². The van der Waals surface area contributed by atoms with Crippen molar-refractivity contribution in [1.82, 2.24) is 0 Å². The van der Waals surface area contributed by atoms with Gasteiger partial charge < -0.3 is 5.11 Å². The van der Waals surface area contributed by atoms with Crippen molar-refractivity contribution in [2.45, 2.75) is 17.6 Å². The van der Waals surface area contributed by atoms with Crippen molar-refractivity contribution in [3.8, 4) is 0 Å².